The number of hydrogen-bond donors (Lipinski definition) is 1. The summed E-state index contributed by atoms with van der Waals surface area (Å²) in [5, 5.41) is 0.328. The third-order valence-corrected chi connectivity index (χ3v) is 5.83. The number of nitrogens with one attached hydrogen (secondary N) is 1. The number of ether oxygens (including phenoxy) is 1. The standard InChI is InChI=1S/C21H24ClFN4O3/c1-13-16(20(29)25-21(24-13)26-7-9-30-10-8-26)4-5-18(28)27-6-2-3-14-11-15(22)12-17(23)19(14)27/h11-12H,2-10H2,1H3,(H,24,25,29). The first kappa shape index (κ1) is 20.8. The topological polar surface area (TPSA) is 78.5 Å². The van der Waals surface area contributed by atoms with E-state index in [4.69, 9.17) is 16.3 Å². The van der Waals surface area contributed by atoms with E-state index in [2.05, 4.69) is 9.97 Å². The zero-order valence-electron chi connectivity index (χ0n) is 16.8. The van der Waals surface area contributed by atoms with Crippen LogP contribution in [0.4, 0.5) is 16.0 Å². The molecule has 30 heavy (non-hydrogen) atoms. The maximum atomic E-state index is 14.5. The lowest BCUT2D eigenvalue weighted by molar-refractivity contribution is -0.118. The van der Waals surface area contributed by atoms with Crippen LogP contribution in [-0.4, -0.2) is 48.7 Å². The SMILES string of the molecule is Cc1nc(N2CCOCC2)[nH]c(=O)c1CCC(=O)N1CCCc2cc(Cl)cc(F)c21. The fourth-order valence-electron chi connectivity index (χ4n) is 4.08. The van der Waals surface area contributed by atoms with Gasteiger partial charge in [0.2, 0.25) is 11.9 Å². The minimum absolute atomic E-state index is 0.101. The summed E-state index contributed by atoms with van der Waals surface area (Å²) in [7, 11) is 0. The number of H-pyrrole nitrogens is 1. The molecule has 0 aliphatic carbocycles. The summed E-state index contributed by atoms with van der Waals surface area (Å²) in [6, 6.07) is 2.94. The van der Waals surface area contributed by atoms with Crippen LogP contribution in [0.15, 0.2) is 16.9 Å². The molecule has 3 heterocycles. The van der Waals surface area contributed by atoms with E-state index in [1.165, 1.54) is 11.0 Å². The first-order chi connectivity index (χ1) is 14.4. The highest BCUT2D eigenvalue weighted by Crippen LogP contribution is 2.33. The molecule has 4 rings (SSSR count). The summed E-state index contributed by atoms with van der Waals surface area (Å²) < 4.78 is 19.8. The summed E-state index contributed by atoms with van der Waals surface area (Å²) >= 11 is 5.96. The molecule has 2 aromatic rings. The number of halogens is 2. The Morgan fingerprint density at radius 3 is 2.80 bits per heavy atom. The molecule has 1 saturated heterocycles. The zero-order chi connectivity index (χ0) is 21.3. The molecule has 1 aromatic heterocycles. The summed E-state index contributed by atoms with van der Waals surface area (Å²) in [4.78, 5) is 36.3. The third kappa shape index (κ3) is 4.20. The van der Waals surface area contributed by atoms with E-state index in [0.29, 0.717) is 67.2 Å². The second-order valence-corrected chi connectivity index (χ2v) is 8.03. The predicted molar refractivity (Wildman–Crippen MR) is 113 cm³/mol. The van der Waals surface area contributed by atoms with Gasteiger partial charge in [0.1, 0.15) is 5.82 Å². The van der Waals surface area contributed by atoms with Gasteiger partial charge >= 0.3 is 0 Å². The molecule has 2 aliphatic rings. The molecule has 2 aliphatic heterocycles. The summed E-state index contributed by atoms with van der Waals surface area (Å²) in [6.07, 6.45) is 1.78. The van der Waals surface area contributed by atoms with E-state index >= 15 is 0 Å². The predicted octanol–water partition coefficient (Wildman–Crippen LogP) is 2.62. The molecule has 1 aromatic carbocycles. The largest absolute Gasteiger partial charge is 0.378 e. The highest BCUT2D eigenvalue weighted by molar-refractivity contribution is 6.30. The van der Waals surface area contributed by atoms with Gasteiger partial charge in [-0.05, 0) is 43.9 Å². The van der Waals surface area contributed by atoms with Crippen molar-refractivity contribution >= 4 is 29.1 Å². The number of carbonyl (C=O) groups is 1. The van der Waals surface area contributed by atoms with Crippen molar-refractivity contribution in [3.63, 3.8) is 0 Å². The molecule has 9 heteroatoms. The molecule has 0 unspecified atom stereocenters. The van der Waals surface area contributed by atoms with Gasteiger partial charge in [-0.15, -0.1) is 0 Å². The highest BCUT2D eigenvalue weighted by Gasteiger charge is 2.26. The van der Waals surface area contributed by atoms with Gasteiger partial charge in [-0.3, -0.25) is 14.6 Å². The molecule has 0 radical (unpaired) electrons. The fraction of sp³-hybridized carbons (Fsp3) is 0.476. The minimum atomic E-state index is -0.490. The Kier molecular flexibility index (Phi) is 6.06. The van der Waals surface area contributed by atoms with E-state index < -0.39 is 5.82 Å². The normalized spacial score (nSPS) is 16.5. The number of amides is 1. The van der Waals surface area contributed by atoms with E-state index in [1.807, 2.05) is 4.90 Å². The number of fused-ring (bicyclic) bond motifs is 1. The van der Waals surface area contributed by atoms with Gasteiger partial charge in [-0.25, -0.2) is 9.37 Å². The molecule has 160 valence electrons. The minimum Gasteiger partial charge on any atom is -0.378 e. The number of nitrogens with zero attached hydrogens (tertiary/aromatic N) is 3. The number of benzene rings is 1. The van der Waals surface area contributed by atoms with Crippen molar-refractivity contribution in [2.75, 3.05) is 42.6 Å². The number of aryl methyl sites for hydroxylation is 2. The van der Waals surface area contributed by atoms with Crippen LogP contribution >= 0.6 is 11.6 Å². The number of morpholine rings is 1. The number of rotatable bonds is 4. The van der Waals surface area contributed by atoms with Crippen molar-refractivity contribution in [1.29, 1.82) is 0 Å². The molecular weight excluding hydrogens is 411 g/mol. The maximum absolute atomic E-state index is 14.5. The Bertz CT molecular complexity index is 1020. The first-order valence-electron chi connectivity index (χ1n) is 10.1. The molecule has 7 nitrogen and oxygen atoms in total. The molecule has 1 amide bonds. The molecule has 0 atom stereocenters. The molecule has 0 bridgehead atoms. The first-order valence-corrected chi connectivity index (χ1v) is 10.5. The van der Waals surface area contributed by atoms with E-state index in [0.717, 1.165) is 12.0 Å². The van der Waals surface area contributed by atoms with Crippen LogP contribution in [0.25, 0.3) is 0 Å². The van der Waals surface area contributed by atoms with Crippen molar-refractivity contribution in [2.45, 2.75) is 32.6 Å². The van der Waals surface area contributed by atoms with E-state index in [9.17, 15) is 14.0 Å². The highest BCUT2D eigenvalue weighted by atomic mass is 35.5. The summed E-state index contributed by atoms with van der Waals surface area (Å²) in [5.74, 6) is -0.177. The number of aromatic amines is 1. The summed E-state index contributed by atoms with van der Waals surface area (Å²) in [6.45, 7) is 4.76. The van der Waals surface area contributed by atoms with E-state index in [-0.39, 0.29) is 24.3 Å². The van der Waals surface area contributed by atoms with Crippen molar-refractivity contribution in [2.24, 2.45) is 0 Å². The summed E-state index contributed by atoms with van der Waals surface area (Å²) in [5.41, 5.74) is 1.89. The van der Waals surface area contributed by atoms with Gasteiger partial charge < -0.3 is 14.5 Å². The second kappa shape index (κ2) is 8.73. The number of hydrogen-bond acceptors (Lipinski definition) is 5. The molecule has 0 saturated carbocycles. The maximum Gasteiger partial charge on any atom is 0.255 e. The van der Waals surface area contributed by atoms with Gasteiger partial charge in [-0.2, -0.15) is 0 Å². The van der Waals surface area contributed by atoms with Crippen molar-refractivity contribution < 1.29 is 13.9 Å². The van der Waals surface area contributed by atoms with Crippen molar-refractivity contribution in [1.82, 2.24) is 9.97 Å². The molecule has 1 N–H and O–H groups in total. The van der Waals surface area contributed by atoms with Crippen LogP contribution in [0.3, 0.4) is 0 Å². The van der Waals surface area contributed by atoms with Crippen molar-refractivity contribution in [3.05, 3.63) is 50.1 Å². The molecule has 1 fully saturated rings. The quantitative estimate of drug-likeness (QED) is 0.800. The lowest BCUT2D eigenvalue weighted by atomic mass is 10.00. The van der Waals surface area contributed by atoms with Crippen LogP contribution in [-0.2, 0) is 22.4 Å². The lowest BCUT2D eigenvalue weighted by Crippen LogP contribution is -2.39. The Morgan fingerprint density at radius 1 is 1.30 bits per heavy atom. The number of anilines is 2. The van der Waals surface area contributed by atoms with Crippen LogP contribution in [0, 0.1) is 12.7 Å². The third-order valence-electron chi connectivity index (χ3n) is 5.62. The van der Waals surface area contributed by atoms with Crippen molar-refractivity contribution in [3.8, 4) is 0 Å². The fourth-order valence-corrected chi connectivity index (χ4v) is 4.31. The van der Waals surface area contributed by atoms with Crippen LogP contribution in [0.5, 0.6) is 0 Å². The van der Waals surface area contributed by atoms with Gasteiger partial charge in [0.25, 0.3) is 5.56 Å². The van der Waals surface area contributed by atoms with Crippen LogP contribution < -0.4 is 15.4 Å². The molecule has 0 spiro atoms. The van der Waals surface area contributed by atoms with Gasteiger partial charge in [0, 0.05) is 42.3 Å². The number of aromatic nitrogens is 2. The smallest absolute Gasteiger partial charge is 0.255 e. The van der Waals surface area contributed by atoms with Gasteiger partial charge in [-0.1, -0.05) is 11.6 Å². The van der Waals surface area contributed by atoms with E-state index in [1.54, 1.807) is 13.0 Å². The van der Waals surface area contributed by atoms with Crippen LogP contribution in [0.2, 0.25) is 5.02 Å². The number of carbonyl (C=O) groups excluding carboxylic acids is 1. The zero-order valence-corrected chi connectivity index (χ0v) is 17.6. The van der Waals surface area contributed by atoms with Crippen LogP contribution in [0.1, 0.15) is 29.7 Å². The molecular formula is C21H24ClFN4O3. The average Bonchev–Trinajstić information content (AvgIpc) is 2.72. The average molecular weight is 435 g/mol. The van der Waals surface area contributed by atoms with Gasteiger partial charge in [0.05, 0.1) is 18.9 Å². The Labute approximate surface area is 178 Å². The monoisotopic (exact) mass is 434 g/mol. The second-order valence-electron chi connectivity index (χ2n) is 7.60. The Balaban J connectivity index is 1.49. The lowest BCUT2D eigenvalue weighted by Gasteiger charge is -2.30. The van der Waals surface area contributed by atoms with Gasteiger partial charge in [0.15, 0.2) is 0 Å². The Hall–Kier alpha value is -2.45. The Morgan fingerprint density at radius 2 is 2.07 bits per heavy atom.